The molecule has 0 bridgehead atoms. The van der Waals surface area contributed by atoms with Crippen LogP contribution in [0.15, 0.2) is 0 Å². The van der Waals surface area contributed by atoms with E-state index in [0.29, 0.717) is 18.4 Å². The van der Waals surface area contributed by atoms with Crippen LogP contribution < -0.4 is 0 Å². The van der Waals surface area contributed by atoms with E-state index in [0.717, 1.165) is 38.2 Å². The minimum atomic E-state index is 0.111. The number of hydrogen-bond donors (Lipinski definition) is 0. The van der Waals surface area contributed by atoms with E-state index in [9.17, 15) is 4.79 Å². The number of carbonyl (C=O) groups excluding carboxylic acids is 1. The van der Waals surface area contributed by atoms with Gasteiger partial charge in [0.25, 0.3) is 0 Å². The van der Waals surface area contributed by atoms with Crippen LogP contribution in [0.4, 0.5) is 0 Å². The third-order valence-corrected chi connectivity index (χ3v) is 6.12. The van der Waals surface area contributed by atoms with Gasteiger partial charge < -0.3 is 14.4 Å². The van der Waals surface area contributed by atoms with E-state index in [1.165, 1.54) is 9.88 Å². The Balaban J connectivity index is 1.56. The summed E-state index contributed by atoms with van der Waals surface area (Å²) in [6, 6.07) is 0. The van der Waals surface area contributed by atoms with Crippen LogP contribution in [0.25, 0.3) is 0 Å². The van der Waals surface area contributed by atoms with E-state index >= 15 is 0 Å². The second-order valence-electron chi connectivity index (χ2n) is 6.51. The number of rotatable bonds is 5. The molecule has 5 nitrogen and oxygen atoms in total. The average molecular weight is 338 g/mol. The Morgan fingerprint density at radius 1 is 1.48 bits per heavy atom. The number of nitrogens with zero attached hydrogens (tertiary/aromatic N) is 2. The maximum Gasteiger partial charge on any atom is 0.248 e. The summed E-state index contributed by atoms with van der Waals surface area (Å²) in [7, 11) is 0. The lowest BCUT2D eigenvalue weighted by Gasteiger charge is -2.35. The molecule has 128 valence electrons. The molecule has 1 aromatic rings. The third kappa shape index (κ3) is 3.75. The molecule has 6 heteroatoms. The van der Waals surface area contributed by atoms with Crippen molar-refractivity contribution < 1.29 is 14.3 Å². The van der Waals surface area contributed by atoms with Crippen LogP contribution in [-0.4, -0.2) is 54.8 Å². The van der Waals surface area contributed by atoms with Crippen LogP contribution in [0.1, 0.15) is 28.9 Å². The second-order valence-corrected chi connectivity index (χ2v) is 7.80. The van der Waals surface area contributed by atoms with Crippen LogP contribution in [0.5, 0.6) is 0 Å². The van der Waals surface area contributed by atoms with Crippen molar-refractivity contribution in [2.75, 3.05) is 32.9 Å². The number of fused-ring (bicyclic) bond motifs is 1. The molecule has 2 saturated heterocycles. The number of hydrogen-bond acceptors (Lipinski definition) is 5. The van der Waals surface area contributed by atoms with Gasteiger partial charge in [0.05, 0.1) is 23.4 Å². The second kappa shape index (κ2) is 7.28. The van der Waals surface area contributed by atoms with Crippen LogP contribution in [0.2, 0.25) is 0 Å². The van der Waals surface area contributed by atoms with Crippen molar-refractivity contribution in [1.82, 2.24) is 9.88 Å². The van der Waals surface area contributed by atoms with Gasteiger partial charge in [0.2, 0.25) is 5.91 Å². The molecule has 23 heavy (non-hydrogen) atoms. The molecule has 0 spiro atoms. The summed E-state index contributed by atoms with van der Waals surface area (Å²) < 4.78 is 11.3. The molecule has 0 aliphatic carbocycles. The van der Waals surface area contributed by atoms with Gasteiger partial charge in [0.1, 0.15) is 6.61 Å². The number of aromatic nitrogens is 1. The van der Waals surface area contributed by atoms with Gasteiger partial charge in [-0.3, -0.25) is 4.79 Å². The van der Waals surface area contributed by atoms with E-state index in [-0.39, 0.29) is 18.6 Å². The SMILES string of the molecule is CCOCC(=O)N1CC[C@@H]2[C@@H](CO[C@H]2Cc2nc(C)c(C)s2)C1. The van der Waals surface area contributed by atoms with Gasteiger partial charge in [-0.15, -0.1) is 11.3 Å². The molecule has 2 aliphatic rings. The summed E-state index contributed by atoms with van der Waals surface area (Å²) in [5, 5.41) is 1.18. The number of thiazole rings is 1. The fourth-order valence-electron chi connectivity index (χ4n) is 3.60. The molecule has 0 N–H and O–H groups in total. The standard InChI is InChI=1S/C17H26N2O3S/c1-4-21-10-17(20)19-6-5-14-13(8-19)9-22-15(14)7-16-18-11(2)12(3)23-16/h13-15H,4-10H2,1-3H3/t13-,14-,15+/m1/s1. The Morgan fingerprint density at radius 2 is 2.30 bits per heavy atom. The zero-order chi connectivity index (χ0) is 16.4. The normalized spacial score (nSPS) is 27.3. The van der Waals surface area contributed by atoms with Crippen molar-refractivity contribution in [2.24, 2.45) is 11.8 Å². The highest BCUT2D eigenvalue weighted by Gasteiger charge is 2.42. The number of likely N-dealkylation sites (tertiary alicyclic amines) is 1. The fraction of sp³-hybridized carbons (Fsp3) is 0.765. The molecule has 0 unspecified atom stereocenters. The van der Waals surface area contributed by atoms with Crippen molar-refractivity contribution in [3.63, 3.8) is 0 Å². The maximum atomic E-state index is 12.1. The number of aryl methyl sites for hydroxylation is 2. The first-order valence-corrected chi connectivity index (χ1v) is 9.30. The van der Waals surface area contributed by atoms with E-state index < -0.39 is 0 Å². The summed E-state index contributed by atoms with van der Waals surface area (Å²) in [5.41, 5.74) is 1.14. The van der Waals surface area contributed by atoms with Crippen LogP contribution in [0.3, 0.4) is 0 Å². The summed E-state index contributed by atoms with van der Waals surface area (Å²) in [4.78, 5) is 20.0. The molecule has 3 rings (SSSR count). The highest BCUT2D eigenvalue weighted by molar-refractivity contribution is 7.11. The zero-order valence-corrected chi connectivity index (χ0v) is 15.0. The first-order valence-electron chi connectivity index (χ1n) is 8.48. The topological polar surface area (TPSA) is 51.7 Å². The van der Waals surface area contributed by atoms with Gasteiger partial charge >= 0.3 is 0 Å². The van der Waals surface area contributed by atoms with Crippen molar-refractivity contribution in [3.8, 4) is 0 Å². The first kappa shape index (κ1) is 16.9. The average Bonchev–Trinajstić information content (AvgIpc) is 3.08. The van der Waals surface area contributed by atoms with Crippen molar-refractivity contribution in [3.05, 3.63) is 15.6 Å². The Hall–Kier alpha value is -0.980. The number of piperidine rings is 1. The number of carbonyl (C=O) groups is 1. The Morgan fingerprint density at radius 3 is 3.00 bits per heavy atom. The molecule has 0 saturated carbocycles. The predicted molar refractivity (Wildman–Crippen MR) is 89.7 cm³/mol. The molecule has 3 atom stereocenters. The molecule has 0 radical (unpaired) electrons. The van der Waals surface area contributed by atoms with E-state index in [4.69, 9.17) is 9.47 Å². The molecular formula is C17H26N2O3S. The largest absolute Gasteiger partial charge is 0.377 e. The monoisotopic (exact) mass is 338 g/mol. The van der Waals surface area contributed by atoms with Gasteiger partial charge in [-0.1, -0.05) is 0 Å². The van der Waals surface area contributed by atoms with Gasteiger partial charge in [-0.2, -0.15) is 0 Å². The molecule has 2 aliphatic heterocycles. The van der Waals surface area contributed by atoms with Crippen LogP contribution in [-0.2, 0) is 20.7 Å². The molecule has 1 aromatic heterocycles. The van der Waals surface area contributed by atoms with Gasteiger partial charge in [-0.05, 0) is 33.1 Å². The van der Waals surface area contributed by atoms with E-state index in [1.54, 1.807) is 11.3 Å². The van der Waals surface area contributed by atoms with Gasteiger partial charge in [0.15, 0.2) is 0 Å². The third-order valence-electron chi connectivity index (χ3n) is 5.03. The summed E-state index contributed by atoms with van der Waals surface area (Å²) >= 11 is 1.78. The minimum absolute atomic E-state index is 0.111. The summed E-state index contributed by atoms with van der Waals surface area (Å²) in [6.45, 7) is 9.28. The molecular weight excluding hydrogens is 312 g/mol. The number of amides is 1. The minimum Gasteiger partial charge on any atom is -0.377 e. The molecule has 2 fully saturated rings. The highest BCUT2D eigenvalue weighted by atomic mass is 32.1. The lowest BCUT2D eigenvalue weighted by molar-refractivity contribution is -0.138. The summed E-state index contributed by atoms with van der Waals surface area (Å²) in [6.07, 6.45) is 2.19. The lowest BCUT2D eigenvalue weighted by atomic mass is 9.83. The quantitative estimate of drug-likeness (QED) is 0.826. The van der Waals surface area contributed by atoms with Gasteiger partial charge in [0, 0.05) is 36.9 Å². The lowest BCUT2D eigenvalue weighted by Crippen LogP contribution is -2.46. The van der Waals surface area contributed by atoms with E-state index in [2.05, 4.69) is 18.8 Å². The van der Waals surface area contributed by atoms with Gasteiger partial charge in [-0.25, -0.2) is 4.98 Å². The number of ether oxygens (including phenoxy) is 2. The van der Waals surface area contributed by atoms with Crippen LogP contribution >= 0.6 is 11.3 Å². The predicted octanol–water partition coefficient (Wildman–Crippen LogP) is 2.20. The Bertz CT molecular complexity index is 541. The summed E-state index contributed by atoms with van der Waals surface area (Å²) in [5.74, 6) is 1.12. The van der Waals surface area contributed by atoms with Crippen molar-refractivity contribution >= 4 is 17.2 Å². The van der Waals surface area contributed by atoms with Crippen molar-refractivity contribution in [1.29, 1.82) is 0 Å². The molecule has 0 aromatic carbocycles. The maximum absolute atomic E-state index is 12.1. The Labute approximate surface area is 142 Å². The smallest absolute Gasteiger partial charge is 0.248 e. The molecule has 3 heterocycles. The highest BCUT2D eigenvalue weighted by Crippen LogP contribution is 2.36. The zero-order valence-electron chi connectivity index (χ0n) is 14.2. The molecule has 1 amide bonds. The van der Waals surface area contributed by atoms with Crippen molar-refractivity contribution in [2.45, 2.75) is 39.7 Å². The van der Waals surface area contributed by atoms with E-state index in [1.807, 2.05) is 11.8 Å². The first-order chi connectivity index (χ1) is 11.1. The fourth-order valence-corrected chi connectivity index (χ4v) is 4.58. The van der Waals surface area contributed by atoms with Crippen LogP contribution in [0, 0.1) is 25.7 Å². The Kier molecular flexibility index (Phi) is 5.34.